The van der Waals surface area contributed by atoms with E-state index in [9.17, 15) is 9.59 Å². The van der Waals surface area contributed by atoms with Gasteiger partial charge in [-0.15, -0.1) is 0 Å². The van der Waals surface area contributed by atoms with Crippen LogP contribution in [0.3, 0.4) is 0 Å². The lowest BCUT2D eigenvalue weighted by Crippen LogP contribution is -2.45. The molecule has 1 aromatic heterocycles. The number of imidazole rings is 1. The number of aryl methyl sites for hydroxylation is 1. The number of hydrogen-bond acceptors (Lipinski definition) is 3. The highest BCUT2D eigenvalue weighted by molar-refractivity contribution is 6.33. The van der Waals surface area contributed by atoms with Gasteiger partial charge in [-0.1, -0.05) is 56.1 Å². The average Bonchev–Trinajstić information content (AvgIpc) is 3.23. The molecule has 2 unspecified atom stereocenters. The van der Waals surface area contributed by atoms with Crippen LogP contribution in [-0.4, -0.2) is 44.9 Å². The molecule has 0 bridgehead atoms. The Bertz CT molecular complexity index is 1150. The van der Waals surface area contributed by atoms with Crippen molar-refractivity contribution in [3.63, 3.8) is 0 Å². The molecule has 0 aliphatic carbocycles. The van der Waals surface area contributed by atoms with Gasteiger partial charge in [-0.25, -0.2) is 4.98 Å². The van der Waals surface area contributed by atoms with Crippen LogP contribution in [0.25, 0.3) is 11.0 Å². The van der Waals surface area contributed by atoms with Crippen molar-refractivity contribution in [3.05, 3.63) is 64.9 Å². The minimum absolute atomic E-state index is 0.144. The summed E-state index contributed by atoms with van der Waals surface area (Å²) < 4.78 is 2.09. The molecular weight excluding hydrogens is 472 g/mol. The molecule has 1 heterocycles. The Labute approximate surface area is 220 Å². The molecule has 194 valence electrons. The number of hydrogen-bond donors (Lipinski definition) is 1. The number of carbonyl (C=O) groups excluding carboxylic acids is 2. The van der Waals surface area contributed by atoms with Crippen LogP contribution in [0, 0.1) is 0 Å². The maximum atomic E-state index is 13.5. The van der Waals surface area contributed by atoms with E-state index in [4.69, 9.17) is 16.6 Å². The second kappa shape index (κ2) is 13.4. The Balaban J connectivity index is 1.61. The van der Waals surface area contributed by atoms with Crippen molar-refractivity contribution in [2.75, 3.05) is 6.54 Å². The summed E-state index contributed by atoms with van der Waals surface area (Å²) in [6.07, 6.45) is 5.39. The molecule has 0 saturated heterocycles. The van der Waals surface area contributed by atoms with Gasteiger partial charge >= 0.3 is 0 Å². The topological polar surface area (TPSA) is 67.2 Å². The van der Waals surface area contributed by atoms with Gasteiger partial charge < -0.3 is 14.8 Å². The molecule has 0 spiro atoms. The first kappa shape index (κ1) is 27.7. The summed E-state index contributed by atoms with van der Waals surface area (Å²) in [6, 6.07) is 15.5. The number of nitrogens with one attached hydrogen (secondary N) is 1. The number of carbonyl (C=O) groups is 2. The zero-order chi connectivity index (χ0) is 26.1. The van der Waals surface area contributed by atoms with Gasteiger partial charge in [0.15, 0.2) is 0 Å². The van der Waals surface area contributed by atoms with E-state index in [2.05, 4.69) is 37.6 Å². The highest BCUT2D eigenvalue weighted by atomic mass is 35.5. The molecule has 3 rings (SSSR count). The van der Waals surface area contributed by atoms with E-state index in [0.717, 1.165) is 55.4 Å². The van der Waals surface area contributed by atoms with Crippen molar-refractivity contribution in [3.8, 4) is 0 Å². The summed E-state index contributed by atoms with van der Waals surface area (Å²) in [6.45, 7) is 9.41. The molecule has 0 fully saturated rings. The third kappa shape index (κ3) is 6.88. The smallest absolute Gasteiger partial charge is 0.252 e. The molecular formula is C29H39ClN4O2. The number of rotatable bonds is 13. The number of halogens is 1. The quantitative estimate of drug-likeness (QED) is 0.276. The number of nitrogens with zero attached hydrogens (tertiary/aromatic N) is 3. The summed E-state index contributed by atoms with van der Waals surface area (Å²) in [7, 11) is 0. The maximum absolute atomic E-state index is 13.5. The van der Waals surface area contributed by atoms with Crippen LogP contribution in [0.1, 0.15) is 76.0 Å². The minimum Gasteiger partial charge on any atom is -0.352 e. The molecule has 2 atom stereocenters. The molecule has 7 heteroatoms. The third-order valence-electron chi connectivity index (χ3n) is 6.93. The molecule has 0 aliphatic heterocycles. The Morgan fingerprint density at radius 3 is 2.33 bits per heavy atom. The van der Waals surface area contributed by atoms with Crippen LogP contribution in [0.4, 0.5) is 0 Å². The predicted molar refractivity (Wildman–Crippen MR) is 147 cm³/mol. The van der Waals surface area contributed by atoms with Gasteiger partial charge in [0.25, 0.3) is 5.91 Å². The Hall–Kier alpha value is -2.86. The van der Waals surface area contributed by atoms with Crippen molar-refractivity contribution in [2.24, 2.45) is 0 Å². The van der Waals surface area contributed by atoms with Crippen LogP contribution in [0.2, 0.25) is 5.02 Å². The lowest BCUT2D eigenvalue weighted by Gasteiger charge is -2.34. The summed E-state index contributed by atoms with van der Waals surface area (Å²) in [4.78, 5) is 32.7. The van der Waals surface area contributed by atoms with Crippen LogP contribution in [0.5, 0.6) is 0 Å². The lowest BCUT2D eigenvalue weighted by molar-refractivity contribution is -0.136. The highest BCUT2D eigenvalue weighted by Gasteiger charge is 2.25. The summed E-state index contributed by atoms with van der Waals surface area (Å²) in [5.74, 6) is 0.941. The first-order valence-corrected chi connectivity index (χ1v) is 13.5. The first-order valence-electron chi connectivity index (χ1n) is 13.1. The Morgan fingerprint density at radius 2 is 1.64 bits per heavy atom. The van der Waals surface area contributed by atoms with E-state index in [0.29, 0.717) is 23.7 Å². The number of para-hydroxylation sites is 2. The standard InChI is InChI=1S/C29H39ClN4O2/c1-5-21(3)34(22(4)6-2)28(35)20-33-26-17-12-11-16-25(26)32-27(33)18-8-7-13-19-31-29(36)23-14-9-10-15-24(23)30/h9-12,14-17,21-22H,5-8,13,18-20H2,1-4H3,(H,31,36). The second-order valence-electron chi connectivity index (χ2n) is 9.46. The zero-order valence-electron chi connectivity index (χ0n) is 22.0. The Morgan fingerprint density at radius 1 is 0.972 bits per heavy atom. The fourth-order valence-corrected chi connectivity index (χ4v) is 4.78. The van der Waals surface area contributed by atoms with E-state index < -0.39 is 0 Å². The maximum Gasteiger partial charge on any atom is 0.252 e. The minimum atomic E-state index is -0.145. The van der Waals surface area contributed by atoms with Crippen LogP contribution >= 0.6 is 11.6 Å². The van der Waals surface area contributed by atoms with E-state index in [-0.39, 0.29) is 23.9 Å². The fraction of sp³-hybridized carbons (Fsp3) is 0.483. The normalized spacial score (nSPS) is 12.9. The van der Waals surface area contributed by atoms with Gasteiger partial charge in [-0.05, 0) is 63.8 Å². The summed E-state index contributed by atoms with van der Waals surface area (Å²) in [5, 5.41) is 3.41. The molecule has 36 heavy (non-hydrogen) atoms. The fourth-order valence-electron chi connectivity index (χ4n) is 4.56. The highest BCUT2D eigenvalue weighted by Crippen LogP contribution is 2.20. The monoisotopic (exact) mass is 510 g/mol. The lowest BCUT2D eigenvalue weighted by atomic mass is 10.1. The zero-order valence-corrected chi connectivity index (χ0v) is 22.7. The average molecular weight is 511 g/mol. The van der Waals surface area contributed by atoms with Crippen molar-refractivity contribution in [1.82, 2.24) is 19.8 Å². The molecule has 2 amide bonds. The second-order valence-corrected chi connectivity index (χ2v) is 9.87. The van der Waals surface area contributed by atoms with E-state index >= 15 is 0 Å². The molecule has 2 aromatic carbocycles. The van der Waals surface area contributed by atoms with E-state index in [1.807, 2.05) is 41.3 Å². The molecule has 1 N–H and O–H groups in total. The van der Waals surface area contributed by atoms with Gasteiger partial charge in [-0.3, -0.25) is 9.59 Å². The molecule has 3 aromatic rings. The number of fused-ring (bicyclic) bond motifs is 1. The predicted octanol–water partition coefficient (Wildman–Crippen LogP) is 6.26. The number of aromatic nitrogens is 2. The summed E-state index contributed by atoms with van der Waals surface area (Å²) in [5.41, 5.74) is 2.42. The van der Waals surface area contributed by atoms with Gasteiger partial charge in [0.1, 0.15) is 12.4 Å². The van der Waals surface area contributed by atoms with Gasteiger partial charge in [-0.2, -0.15) is 0 Å². The SMILES string of the molecule is CCC(C)N(C(=O)Cn1c(CCCCCNC(=O)c2ccccc2Cl)nc2ccccc21)C(C)CC. The number of amides is 2. The van der Waals surface area contributed by atoms with Crippen LogP contribution in [0.15, 0.2) is 48.5 Å². The van der Waals surface area contributed by atoms with Gasteiger partial charge in [0.05, 0.1) is 21.6 Å². The summed E-state index contributed by atoms with van der Waals surface area (Å²) >= 11 is 6.11. The molecule has 0 saturated carbocycles. The largest absolute Gasteiger partial charge is 0.352 e. The van der Waals surface area contributed by atoms with Gasteiger partial charge in [0, 0.05) is 25.0 Å². The number of unbranched alkanes of at least 4 members (excludes halogenated alkanes) is 2. The van der Waals surface area contributed by atoms with Crippen molar-refractivity contribution >= 4 is 34.4 Å². The number of benzene rings is 2. The molecule has 0 aliphatic rings. The van der Waals surface area contributed by atoms with Gasteiger partial charge in [0.2, 0.25) is 5.91 Å². The van der Waals surface area contributed by atoms with Crippen molar-refractivity contribution < 1.29 is 9.59 Å². The van der Waals surface area contributed by atoms with E-state index in [1.165, 1.54) is 0 Å². The molecule has 6 nitrogen and oxygen atoms in total. The van der Waals surface area contributed by atoms with E-state index in [1.54, 1.807) is 12.1 Å². The third-order valence-corrected chi connectivity index (χ3v) is 7.26. The Kier molecular flexibility index (Phi) is 10.4. The van der Waals surface area contributed by atoms with Crippen LogP contribution < -0.4 is 5.32 Å². The van der Waals surface area contributed by atoms with Crippen molar-refractivity contribution in [2.45, 2.75) is 84.8 Å². The van der Waals surface area contributed by atoms with Crippen molar-refractivity contribution in [1.29, 1.82) is 0 Å². The van der Waals surface area contributed by atoms with Crippen LogP contribution in [-0.2, 0) is 17.8 Å². The molecule has 0 radical (unpaired) electrons. The first-order chi connectivity index (χ1) is 17.4.